The SMILES string of the molecule is O=C(O)/C=C\C(=O)OCCc1ccccn1. The zero-order valence-electron chi connectivity index (χ0n) is 8.50. The Morgan fingerprint density at radius 2 is 2.19 bits per heavy atom. The van der Waals surface area contributed by atoms with Gasteiger partial charge in [0, 0.05) is 30.5 Å². The molecule has 1 aromatic rings. The normalized spacial score (nSPS) is 10.2. The molecule has 0 aliphatic rings. The topological polar surface area (TPSA) is 76.5 Å². The van der Waals surface area contributed by atoms with Gasteiger partial charge in [-0.25, -0.2) is 9.59 Å². The first-order chi connectivity index (χ1) is 7.68. The van der Waals surface area contributed by atoms with E-state index in [1.165, 1.54) is 0 Å². The largest absolute Gasteiger partial charge is 0.478 e. The molecule has 0 radical (unpaired) electrons. The average molecular weight is 221 g/mol. The molecule has 0 saturated carbocycles. The van der Waals surface area contributed by atoms with Crippen LogP contribution in [0, 0.1) is 0 Å². The third-order valence-electron chi connectivity index (χ3n) is 1.69. The predicted octanol–water partition coefficient (Wildman–Crippen LogP) is 0.808. The fourth-order valence-electron chi connectivity index (χ4n) is 0.990. The van der Waals surface area contributed by atoms with Crippen LogP contribution in [0.5, 0.6) is 0 Å². The van der Waals surface area contributed by atoms with Crippen LogP contribution in [0.3, 0.4) is 0 Å². The number of carbonyl (C=O) groups excluding carboxylic acids is 1. The van der Waals surface area contributed by atoms with Gasteiger partial charge in [0.1, 0.15) is 0 Å². The molecular weight excluding hydrogens is 210 g/mol. The number of ether oxygens (including phenoxy) is 1. The Morgan fingerprint density at radius 1 is 1.38 bits per heavy atom. The first kappa shape index (κ1) is 11.9. The van der Waals surface area contributed by atoms with Gasteiger partial charge in [0.05, 0.1) is 6.61 Å². The van der Waals surface area contributed by atoms with Gasteiger partial charge in [-0.3, -0.25) is 4.98 Å². The number of aliphatic carboxylic acids is 1. The summed E-state index contributed by atoms with van der Waals surface area (Å²) < 4.78 is 4.77. The van der Waals surface area contributed by atoms with Gasteiger partial charge in [0.2, 0.25) is 0 Å². The number of carbonyl (C=O) groups is 2. The van der Waals surface area contributed by atoms with E-state index >= 15 is 0 Å². The maximum Gasteiger partial charge on any atom is 0.331 e. The minimum Gasteiger partial charge on any atom is -0.478 e. The summed E-state index contributed by atoms with van der Waals surface area (Å²) >= 11 is 0. The monoisotopic (exact) mass is 221 g/mol. The van der Waals surface area contributed by atoms with Gasteiger partial charge in [-0.2, -0.15) is 0 Å². The van der Waals surface area contributed by atoms with Crippen LogP contribution in [0.1, 0.15) is 5.69 Å². The number of carboxylic acid groups (broad SMARTS) is 1. The van der Waals surface area contributed by atoms with Gasteiger partial charge in [0.25, 0.3) is 0 Å². The van der Waals surface area contributed by atoms with Crippen LogP contribution in [0.4, 0.5) is 0 Å². The Bertz CT molecular complexity index is 386. The Labute approximate surface area is 92.4 Å². The molecule has 0 atom stereocenters. The summed E-state index contributed by atoms with van der Waals surface area (Å²) in [6.07, 6.45) is 3.78. The second kappa shape index (κ2) is 6.34. The molecule has 0 amide bonds. The third-order valence-corrected chi connectivity index (χ3v) is 1.69. The molecule has 0 unspecified atom stereocenters. The Hall–Kier alpha value is -2.17. The van der Waals surface area contributed by atoms with Gasteiger partial charge in [0.15, 0.2) is 0 Å². The lowest BCUT2D eigenvalue weighted by Gasteiger charge is -2.00. The zero-order valence-corrected chi connectivity index (χ0v) is 8.50. The molecular formula is C11H11NO4. The summed E-state index contributed by atoms with van der Waals surface area (Å²) in [5.41, 5.74) is 0.817. The van der Waals surface area contributed by atoms with Crippen molar-refractivity contribution in [2.75, 3.05) is 6.61 Å². The molecule has 0 fully saturated rings. The average Bonchev–Trinajstić information content (AvgIpc) is 2.28. The highest BCUT2D eigenvalue weighted by Gasteiger charge is 1.99. The Balaban J connectivity index is 2.26. The molecule has 1 rings (SSSR count). The molecule has 16 heavy (non-hydrogen) atoms. The summed E-state index contributed by atoms with van der Waals surface area (Å²) in [6, 6.07) is 5.46. The van der Waals surface area contributed by atoms with Crippen LogP contribution < -0.4 is 0 Å². The lowest BCUT2D eigenvalue weighted by molar-refractivity contribution is -0.138. The van der Waals surface area contributed by atoms with Crippen molar-refractivity contribution in [2.45, 2.75) is 6.42 Å². The van der Waals surface area contributed by atoms with Crippen LogP contribution in [0.2, 0.25) is 0 Å². The minimum atomic E-state index is -1.18. The lowest BCUT2D eigenvalue weighted by atomic mass is 10.3. The van der Waals surface area contributed by atoms with Crippen LogP contribution in [-0.4, -0.2) is 28.6 Å². The number of esters is 1. The molecule has 1 aromatic heterocycles. The highest BCUT2D eigenvalue weighted by atomic mass is 16.5. The second-order valence-corrected chi connectivity index (χ2v) is 2.91. The number of hydrogen-bond donors (Lipinski definition) is 1. The first-order valence-electron chi connectivity index (χ1n) is 4.66. The molecule has 0 aromatic carbocycles. The molecule has 0 spiro atoms. The van der Waals surface area contributed by atoms with E-state index in [0.717, 1.165) is 17.8 Å². The van der Waals surface area contributed by atoms with E-state index in [-0.39, 0.29) is 6.61 Å². The number of nitrogens with zero attached hydrogens (tertiary/aromatic N) is 1. The highest BCUT2D eigenvalue weighted by molar-refractivity contribution is 5.90. The molecule has 1 heterocycles. The molecule has 0 saturated heterocycles. The van der Waals surface area contributed by atoms with E-state index in [9.17, 15) is 9.59 Å². The zero-order chi connectivity index (χ0) is 11.8. The fraction of sp³-hybridized carbons (Fsp3) is 0.182. The smallest absolute Gasteiger partial charge is 0.331 e. The maximum atomic E-state index is 10.9. The van der Waals surface area contributed by atoms with E-state index in [2.05, 4.69) is 4.98 Å². The second-order valence-electron chi connectivity index (χ2n) is 2.91. The molecule has 0 aliphatic carbocycles. The van der Waals surface area contributed by atoms with E-state index in [0.29, 0.717) is 6.42 Å². The molecule has 0 bridgehead atoms. The van der Waals surface area contributed by atoms with E-state index in [1.807, 2.05) is 12.1 Å². The predicted molar refractivity (Wildman–Crippen MR) is 55.7 cm³/mol. The van der Waals surface area contributed by atoms with Gasteiger partial charge < -0.3 is 9.84 Å². The number of aromatic nitrogens is 1. The van der Waals surface area contributed by atoms with Crippen molar-refractivity contribution >= 4 is 11.9 Å². The van der Waals surface area contributed by atoms with E-state index in [4.69, 9.17) is 9.84 Å². The standard InChI is InChI=1S/C11H11NO4/c13-10(14)4-5-11(15)16-8-6-9-3-1-2-7-12-9/h1-5,7H,6,8H2,(H,13,14)/b5-4-. The minimum absolute atomic E-state index is 0.180. The molecule has 1 N–H and O–H groups in total. The molecule has 0 aliphatic heterocycles. The number of carboxylic acids is 1. The quantitative estimate of drug-likeness (QED) is 0.588. The Morgan fingerprint density at radius 3 is 2.81 bits per heavy atom. The van der Waals surface area contributed by atoms with Crippen molar-refractivity contribution in [3.8, 4) is 0 Å². The maximum absolute atomic E-state index is 10.9. The Kier molecular flexibility index (Phi) is 4.72. The first-order valence-corrected chi connectivity index (χ1v) is 4.66. The summed E-state index contributed by atoms with van der Waals surface area (Å²) in [5, 5.41) is 8.26. The van der Waals surface area contributed by atoms with E-state index in [1.54, 1.807) is 12.3 Å². The van der Waals surface area contributed by atoms with Crippen LogP contribution in [0.15, 0.2) is 36.5 Å². The van der Waals surface area contributed by atoms with Gasteiger partial charge in [-0.05, 0) is 12.1 Å². The van der Waals surface area contributed by atoms with Crippen molar-refractivity contribution in [2.24, 2.45) is 0 Å². The highest BCUT2D eigenvalue weighted by Crippen LogP contribution is 1.95. The van der Waals surface area contributed by atoms with Crippen molar-refractivity contribution in [1.82, 2.24) is 4.98 Å². The van der Waals surface area contributed by atoms with Crippen molar-refractivity contribution in [1.29, 1.82) is 0 Å². The fourth-order valence-corrected chi connectivity index (χ4v) is 0.990. The van der Waals surface area contributed by atoms with Crippen LogP contribution in [0.25, 0.3) is 0 Å². The van der Waals surface area contributed by atoms with Crippen molar-refractivity contribution in [3.63, 3.8) is 0 Å². The summed E-state index contributed by atoms with van der Waals surface area (Å²) in [5.74, 6) is -1.85. The number of hydrogen-bond acceptors (Lipinski definition) is 4. The summed E-state index contributed by atoms with van der Waals surface area (Å²) in [4.78, 5) is 25.1. The van der Waals surface area contributed by atoms with Gasteiger partial charge in [-0.15, -0.1) is 0 Å². The third kappa shape index (κ3) is 4.90. The van der Waals surface area contributed by atoms with E-state index < -0.39 is 11.9 Å². The van der Waals surface area contributed by atoms with Gasteiger partial charge >= 0.3 is 11.9 Å². The number of rotatable bonds is 5. The lowest BCUT2D eigenvalue weighted by Crippen LogP contribution is -2.06. The van der Waals surface area contributed by atoms with Crippen LogP contribution >= 0.6 is 0 Å². The summed E-state index contributed by atoms with van der Waals surface area (Å²) in [6.45, 7) is 0.180. The van der Waals surface area contributed by atoms with Crippen LogP contribution in [-0.2, 0) is 20.7 Å². The molecule has 5 heteroatoms. The molecule has 5 nitrogen and oxygen atoms in total. The van der Waals surface area contributed by atoms with Crippen molar-refractivity contribution in [3.05, 3.63) is 42.2 Å². The van der Waals surface area contributed by atoms with Gasteiger partial charge in [-0.1, -0.05) is 6.07 Å². The summed E-state index contributed by atoms with van der Waals surface area (Å²) in [7, 11) is 0. The molecule has 84 valence electrons. The number of pyridine rings is 1. The van der Waals surface area contributed by atoms with Crippen molar-refractivity contribution < 1.29 is 19.4 Å².